The van der Waals surface area contributed by atoms with Crippen molar-refractivity contribution >= 4 is 17.5 Å². The molecule has 0 saturated heterocycles. The van der Waals surface area contributed by atoms with E-state index in [-0.39, 0.29) is 24.4 Å². The Morgan fingerprint density at radius 3 is 2.58 bits per heavy atom. The third-order valence-electron chi connectivity index (χ3n) is 5.55. The summed E-state index contributed by atoms with van der Waals surface area (Å²) in [6.07, 6.45) is 5.77. The van der Waals surface area contributed by atoms with Crippen LogP contribution in [0.25, 0.3) is 0 Å². The van der Waals surface area contributed by atoms with Crippen LogP contribution in [0.1, 0.15) is 53.6 Å². The molecule has 166 valence electrons. The van der Waals surface area contributed by atoms with Crippen LogP contribution in [0.3, 0.4) is 0 Å². The lowest BCUT2D eigenvalue weighted by atomic mass is 9.95. The molecule has 0 heterocycles. The van der Waals surface area contributed by atoms with Crippen LogP contribution in [0.2, 0.25) is 0 Å². The van der Waals surface area contributed by atoms with E-state index in [0.717, 1.165) is 35.4 Å². The number of hydrogen-bond donors (Lipinski definition) is 3. The Hall–Kier alpha value is -3.02. The van der Waals surface area contributed by atoms with Gasteiger partial charge >= 0.3 is 0 Å². The van der Waals surface area contributed by atoms with E-state index < -0.39 is 0 Å². The van der Waals surface area contributed by atoms with Crippen LogP contribution in [0.4, 0.5) is 5.69 Å². The van der Waals surface area contributed by atoms with E-state index in [2.05, 4.69) is 16.0 Å². The first kappa shape index (κ1) is 22.7. The number of aryl methyl sites for hydroxylation is 2. The second-order valence-corrected chi connectivity index (χ2v) is 8.21. The summed E-state index contributed by atoms with van der Waals surface area (Å²) in [6, 6.07) is 13.6. The highest BCUT2D eigenvalue weighted by atomic mass is 16.5. The summed E-state index contributed by atoms with van der Waals surface area (Å²) in [4.78, 5) is 24.6. The molecule has 2 aromatic rings. The van der Waals surface area contributed by atoms with Crippen molar-refractivity contribution < 1.29 is 14.3 Å². The highest BCUT2D eigenvalue weighted by Crippen LogP contribution is 2.20. The molecule has 6 nitrogen and oxygen atoms in total. The molecule has 0 aromatic heterocycles. The minimum atomic E-state index is -0.105. The summed E-state index contributed by atoms with van der Waals surface area (Å²) in [6.45, 7) is 4.97. The average molecular weight is 424 g/mol. The zero-order chi connectivity index (χ0) is 22.1. The summed E-state index contributed by atoms with van der Waals surface area (Å²) in [5.74, 6) is 0.676. The molecule has 31 heavy (non-hydrogen) atoms. The van der Waals surface area contributed by atoms with E-state index >= 15 is 0 Å². The summed E-state index contributed by atoms with van der Waals surface area (Å²) in [7, 11) is 0. The molecule has 0 spiro atoms. The second-order valence-electron chi connectivity index (χ2n) is 8.21. The molecule has 3 rings (SSSR count). The molecule has 0 unspecified atom stereocenters. The van der Waals surface area contributed by atoms with Crippen LogP contribution in [0.15, 0.2) is 42.5 Å². The van der Waals surface area contributed by atoms with Crippen LogP contribution in [0.5, 0.6) is 5.75 Å². The Balaban J connectivity index is 1.39. The minimum Gasteiger partial charge on any atom is -0.492 e. The van der Waals surface area contributed by atoms with Crippen molar-refractivity contribution in [3.63, 3.8) is 0 Å². The minimum absolute atomic E-state index is 0.0205. The van der Waals surface area contributed by atoms with Gasteiger partial charge in [0.05, 0.1) is 13.1 Å². The monoisotopic (exact) mass is 423 g/mol. The molecule has 0 radical (unpaired) electrons. The summed E-state index contributed by atoms with van der Waals surface area (Å²) >= 11 is 0. The topological polar surface area (TPSA) is 79.5 Å². The van der Waals surface area contributed by atoms with Crippen molar-refractivity contribution in [2.24, 2.45) is 0 Å². The van der Waals surface area contributed by atoms with Crippen LogP contribution < -0.4 is 20.7 Å². The maximum Gasteiger partial charge on any atom is 0.251 e. The van der Waals surface area contributed by atoms with Crippen LogP contribution >= 0.6 is 0 Å². The standard InChI is InChI=1S/C25H33N3O3/c1-18-7-6-10-22(15-18)31-14-13-26-24(29)17-27-23-12-11-20(16-19(23)2)25(30)28-21-8-4-3-5-9-21/h6-7,10-12,15-16,21,27H,3-5,8-9,13-14,17H2,1-2H3,(H,26,29)(H,28,30). The molecule has 6 heteroatoms. The number of ether oxygens (including phenoxy) is 1. The molecular formula is C25H33N3O3. The van der Waals surface area contributed by atoms with Crippen molar-refractivity contribution in [1.29, 1.82) is 0 Å². The largest absolute Gasteiger partial charge is 0.492 e. The predicted octanol–water partition coefficient (Wildman–Crippen LogP) is 3.97. The van der Waals surface area contributed by atoms with Crippen LogP contribution in [-0.2, 0) is 4.79 Å². The second kappa shape index (κ2) is 11.4. The lowest BCUT2D eigenvalue weighted by Gasteiger charge is -2.23. The first-order valence-electron chi connectivity index (χ1n) is 11.1. The number of amides is 2. The van der Waals surface area contributed by atoms with Crippen molar-refractivity contribution in [1.82, 2.24) is 10.6 Å². The van der Waals surface area contributed by atoms with Gasteiger partial charge in [-0.1, -0.05) is 31.4 Å². The van der Waals surface area contributed by atoms with Gasteiger partial charge in [-0.25, -0.2) is 0 Å². The Kier molecular flexibility index (Phi) is 8.33. The molecule has 1 fully saturated rings. The zero-order valence-corrected chi connectivity index (χ0v) is 18.5. The first-order chi connectivity index (χ1) is 15.0. The van der Waals surface area contributed by atoms with Gasteiger partial charge in [0, 0.05) is 17.3 Å². The Morgan fingerprint density at radius 2 is 1.84 bits per heavy atom. The molecule has 3 N–H and O–H groups in total. The number of nitrogens with one attached hydrogen (secondary N) is 3. The zero-order valence-electron chi connectivity index (χ0n) is 18.5. The van der Waals surface area contributed by atoms with E-state index in [0.29, 0.717) is 18.7 Å². The Morgan fingerprint density at radius 1 is 1.03 bits per heavy atom. The number of carbonyl (C=O) groups excluding carboxylic acids is 2. The molecule has 2 amide bonds. The number of hydrogen-bond acceptors (Lipinski definition) is 4. The smallest absolute Gasteiger partial charge is 0.251 e. The highest BCUT2D eigenvalue weighted by molar-refractivity contribution is 5.95. The van der Waals surface area contributed by atoms with E-state index in [1.54, 1.807) is 6.07 Å². The third kappa shape index (κ3) is 7.31. The maximum absolute atomic E-state index is 12.5. The molecule has 0 aliphatic heterocycles. The number of carbonyl (C=O) groups is 2. The fraction of sp³-hybridized carbons (Fsp3) is 0.440. The van der Waals surface area contributed by atoms with E-state index in [4.69, 9.17) is 4.74 Å². The molecular weight excluding hydrogens is 390 g/mol. The van der Waals surface area contributed by atoms with Crippen molar-refractivity contribution in [3.05, 3.63) is 59.2 Å². The number of rotatable bonds is 9. The van der Waals surface area contributed by atoms with Gasteiger partial charge in [-0.2, -0.15) is 0 Å². The van der Waals surface area contributed by atoms with Gasteiger partial charge in [0.1, 0.15) is 12.4 Å². The van der Waals surface area contributed by atoms with Gasteiger partial charge in [-0.05, 0) is 68.1 Å². The summed E-state index contributed by atoms with van der Waals surface area (Å²) < 4.78 is 5.64. The summed E-state index contributed by atoms with van der Waals surface area (Å²) in [5, 5.41) is 9.12. The number of anilines is 1. The van der Waals surface area contributed by atoms with Gasteiger partial charge in [0.15, 0.2) is 0 Å². The molecule has 2 aromatic carbocycles. The lowest BCUT2D eigenvalue weighted by molar-refractivity contribution is -0.119. The molecule has 1 aliphatic rings. The third-order valence-corrected chi connectivity index (χ3v) is 5.55. The highest BCUT2D eigenvalue weighted by Gasteiger charge is 2.17. The van der Waals surface area contributed by atoms with Crippen molar-refractivity contribution in [3.8, 4) is 5.75 Å². The normalized spacial score (nSPS) is 14.0. The predicted molar refractivity (Wildman–Crippen MR) is 124 cm³/mol. The maximum atomic E-state index is 12.5. The lowest BCUT2D eigenvalue weighted by Crippen LogP contribution is -2.36. The van der Waals surface area contributed by atoms with Crippen LogP contribution in [0, 0.1) is 13.8 Å². The van der Waals surface area contributed by atoms with Gasteiger partial charge in [0.25, 0.3) is 5.91 Å². The quantitative estimate of drug-likeness (QED) is 0.533. The van der Waals surface area contributed by atoms with E-state index in [1.165, 1.54) is 19.3 Å². The van der Waals surface area contributed by atoms with E-state index in [1.807, 2.05) is 50.2 Å². The van der Waals surface area contributed by atoms with Crippen molar-refractivity contribution in [2.45, 2.75) is 52.0 Å². The van der Waals surface area contributed by atoms with Crippen molar-refractivity contribution in [2.75, 3.05) is 25.0 Å². The fourth-order valence-corrected chi connectivity index (χ4v) is 3.82. The molecule has 0 bridgehead atoms. The van der Waals surface area contributed by atoms with Gasteiger partial charge in [-0.15, -0.1) is 0 Å². The molecule has 0 atom stereocenters. The summed E-state index contributed by atoms with van der Waals surface area (Å²) in [5.41, 5.74) is 3.58. The first-order valence-corrected chi connectivity index (χ1v) is 11.1. The van der Waals surface area contributed by atoms with Gasteiger partial charge in [0.2, 0.25) is 5.91 Å². The van der Waals surface area contributed by atoms with Gasteiger partial charge < -0.3 is 20.7 Å². The van der Waals surface area contributed by atoms with Gasteiger partial charge in [-0.3, -0.25) is 9.59 Å². The fourth-order valence-electron chi connectivity index (χ4n) is 3.82. The SMILES string of the molecule is Cc1cccc(OCCNC(=O)CNc2ccc(C(=O)NC3CCCCC3)cc2C)c1. The molecule has 1 saturated carbocycles. The van der Waals surface area contributed by atoms with E-state index in [9.17, 15) is 9.59 Å². The van der Waals surface area contributed by atoms with Crippen LogP contribution in [-0.4, -0.2) is 37.6 Å². The average Bonchev–Trinajstić information content (AvgIpc) is 2.76. The Bertz CT molecular complexity index is 891. The Labute approximate surface area is 184 Å². The molecule has 1 aliphatic carbocycles. The number of benzene rings is 2.